The maximum atomic E-state index is 11.5. The van der Waals surface area contributed by atoms with E-state index in [1.54, 1.807) is 0 Å². The molecule has 0 amide bonds. The molecule has 0 spiro atoms. The van der Waals surface area contributed by atoms with Crippen LogP contribution in [0.5, 0.6) is 0 Å². The third kappa shape index (κ3) is 1.39. The second-order valence-corrected chi connectivity index (χ2v) is 4.53. The number of pyridine rings is 1. The highest BCUT2D eigenvalue weighted by atomic mass is 16.1. The molecule has 76 valence electrons. The molecule has 1 heterocycles. The summed E-state index contributed by atoms with van der Waals surface area (Å²) in [6, 6.07) is 2.06. The van der Waals surface area contributed by atoms with Crippen LogP contribution in [-0.2, 0) is 0 Å². The number of hydrogen-bond acceptors (Lipinski definition) is 1. The zero-order valence-corrected chi connectivity index (χ0v) is 9.05. The van der Waals surface area contributed by atoms with Gasteiger partial charge in [0.1, 0.15) is 0 Å². The van der Waals surface area contributed by atoms with Crippen molar-refractivity contribution in [2.45, 2.75) is 45.4 Å². The van der Waals surface area contributed by atoms with Crippen LogP contribution in [0.25, 0.3) is 0 Å². The van der Waals surface area contributed by atoms with Gasteiger partial charge in [0.05, 0.1) is 0 Å². The topological polar surface area (TPSA) is 32.9 Å². The fraction of sp³-hybridized carbons (Fsp3) is 0.583. The molecular formula is C12H17NO. The van der Waals surface area contributed by atoms with Crippen molar-refractivity contribution in [2.75, 3.05) is 0 Å². The molecule has 1 aliphatic rings. The van der Waals surface area contributed by atoms with Crippen LogP contribution in [0.1, 0.15) is 55.3 Å². The monoisotopic (exact) mass is 191 g/mol. The Hall–Kier alpha value is -1.05. The first-order chi connectivity index (χ1) is 6.59. The van der Waals surface area contributed by atoms with Crippen molar-refractivity contribution < 1.29 is 0 Å². The van der Waals surface area contributed by atoms with Crippen molar-refractivity contribution in [1.82, 2.24) is 4.98 Å². The number of fused-ring (bicyclic) bond motifs is 1. The molecule has 0 aromatic carbocycles. The van der Waals surface area contributed by atoms with E-state index in [9.17, 15) is 4.79 Å². The standard InChI is InChI=1S/C12H17NO/c1-7-4-5-8(2)11-10(7)6-9(3)12(14)13-11/h6-8H,4-5H2,1-3H3,(H,13,14). The summed E-state index contributed by atoms with van der Waals surface area (Å²) >= 11 is 0. The van der Waals surface area contributed by atoms with Gasteiger partial charge >= 0.3 is 0 Å². The second kappa shape index (κ2) is 3.26. The number of H-pyrrole nitrogens is 1. The minimum absolute atomic E-state index is 0.0738. The number of hydrogen-bond donors (Lipinski definition) is 1. The molecule has 0 fully saturated rings. The van der Waals surface area contributed by atoms with Gasteiger partial charge in [0, 0.05) is 11.3 Å². The Morgan fingerprint density at radius 1 is 1.29 bits per heavy atom. The summed E-state index contributed by atoms with van der Waals surface area (Å²) < 4.78 is 0. The van der Waals surface area contributed by atoms with Crippen LogP contribution in [0.3, 0.4) is 0 Å². The maximum Gasteiger partial charge on any atom is 0.251 e. The van der Waals surface area contributed by atoms with Gasteiger partial charge < -0.3 is 4.98 Å². The summed E-state index contributed by atoms with van der Waals surface area (Å²) in [6.45, 7) is 6.31. The first kappa shape index (κ1) is 9.50. The van der Waals surface area contributed by atoms with Crippen molar-refractivity contribution in [1.29, 1.82) is 0 Å². The van der Waals surface area contributed by atoms with E-state index < -0.39 is 0 Å². The third-order valence-electron chi connectivity index (χ3n) is 3.35. The largest absolute Gasteiger partial charge is 0.325 e. The van der Waals surface area contributed by atoms with Gasteiger partial charge in [-0.1, -0.05) is 13.8 Å². The molecule has 2 heteroatoms. The third-order valence-corrected chi connectivity index (χ3v) is 3.35. The van der Waals surface area contributed by atoms with Gasteiger partial charge in [-0.05, 0) is 43.2 Å². The Morgan fingerprint density at radius 3 is 2.64 bits per heavy atom. The minimum Gasteiger partial charge on any atom is -0.325 e. The van der Waals surface area contributed by atoms with Crippen LogP contribution in [0.2, 0.25) is 0 Å². The summed E-state index contributed by atoms with van der Waals surface area (Å²) in [6.07, 6.45) is 2.42. The summed E-state index contributed by atoms with van der Waals surface area (Å²) in [5.41, 5.74) is 3.43. The molecule has 2 rings (SSSR count). The lowest BCUT2D eigenvalue weighted by Crippen LogP contribution is -2.20. The smallest absolute Gasteiger partial charge is 0.251 e. The fourth-order valence-corrected chi connectivity index (χ4v) is 2.28. The molecule has 14 heavy (non-hydrogen) atoms. The predicted octanol–water partition coefficient (Wildman–Crippen LogP) is 2.68. The van der Waals surface area contributed by atoms with Crippen LogP contribution in [0, 0.1) is 6.92 Å². The average molecular weight is 191 g/mol. The van der Waals surface area contributed by atoms with Crippen LogP contribution in [-0.4, -0.2) is 4.98 Å². The van der Waals surface area contributed by atoms with Crippen LogP contribution in [0.4, 0.5) is 0 Å². The molecule has 0 radical (unpaired) electrons. The van der Waals surface area contributed by atoms with E-state index >= 15 is 0 Å². The maximum absolute atomic E-state index is 11.5. The first-order valence-electron chi connectivity index (χ1n) is 5.33. The number of aromatic amines is 1. The number of aryl methyl sites for hydroxylation is 1. The van der Waals surface area contributed by atoms with E-state index in [1.807, 2.05) is 6.92 Å². The quantitative estimate of drug-likeness (QED) is 0.672. The molecule has 1 aromatic rings. The Morgan fingerprint density at radius 2 is 1.93 bits per heavy atom. The van der Waals surface area contributed by atoms with Crippen LogP contribution >= 0.6 is 0 Å². The van der Waals surface area contributed by atoms with E-state index in [2.05, 4.69) is 24.9 Å². The zero-order valence-electron chi connectivity index (χ0n) is 9.05. The lowest BCUT2D eigenvalue weighted by molar-refractivity contribution is 0.512. The first-order valence-corrected chi connectivity index (χ1v) is 5.33. The highest BCUT2D eigenvalue weighted by Crippen LogP contribution is 2.36. The number of rotatable bonds is 0. The van der Waals surface area contributed by atoms with Crippen molar-refractivity contribution >= 4 is 0 Å². The van der Waals surface area contributed by atoms with Crippen LogP contribution < -0.4 is 5.56 Å². The molecule has 0 bridgehead atoms. The molecule has 2 nitrogen and oxygen atoms in total. The van der Waals surface area contributed by atoms with Crippen molar-refractivity contribution in [3.05, 3.63) is 33.2 Å². The molecule has 2 atom stereocenters. The van der Waals surface area contributed by atoms with Gasteiger partial charge in [0.15, 0.2) is 0 Å². The molecule has 1 aromatic heterocycles. The molecule has 1 aliphatic carbocycles. The van der Waals surface area contributed by atoms with E-state index in [1.165, 1.54) is 24.1 Å². The number of aromatic nitrogens is 1. The molecule has 0 saturated carbocycles. The van der Waals surface area contributed by atoms with Crippen LogP contribution in [0.15, 0.2) is 10.9 Å². The van der Waals surface area contributed by atoms with Gasteiger partial charge in [-0.15, -0.1) is 0 Å². The lowest BCUT2D eigenvalue weighted by Gasteiger charge is -2.27. The summed E-state index contributed by atoms with van der Waals surface area (Å²) in [4.78, 5) is 14.5. The van der Waals surface area contributed by atoms with Gasteiger partial charge in [-0.25, -0.2) is 0 Å². The van der Waals surface area contributed by atoms with Gasteiger partial charge in [-0.3, -0.25) is 4.79 Å². The highest BCUT2D eigenvalue weighted by molar-refractivity contribution is 5.32. The van der Waals surface area contributed by atoms with E-state index in [4.69, 9.17) is 0 Å². The Labute approximate surface area is 84.4 Å². The molecule has 1 N–H and O–H groups in total. The van der Waals surface area contributed by atoms with Gasteiger partial charge in [0.25, 0.3) is 5.56 Å². The molecule has 0 saturated heterocycles. The predicted molar refractivity (Wildman–Crippen MR) is 57.9 cm³/mol. The van der Waals surface area contributed by atoms with Crippen molar-refractivity contribution in [3.8, 4) is 0 Å². The summed E-state index contributed by atoms with van der Waals surface area (Å²) in [7, 11) is 0. The molecular weight excluding hydrogens is 174 g/mol. The van der Waals surface area contributed by atoms with Gasteiger partial charge in [0.2, 0.25) is 0 Å². The van der Waals surface area contributed by atoms with Crippen molar-refractivity contribution in [2.24, 2.45) is 0 Å². The Balaban J connectivity index is 2.62. The van der Waals surface area contributed by atoms with E-state index in [0.29, 0.717) is 11.8 Å². The minimum atomic E-state index is 0.0738. The Kier molecular flexibility index (Phi) is 2.22. The van der Waals surface area contributed by atoms with E-state index in [-0.39, 0.29) is 5.56 Å². The second-order valence-electron chi connectivity index (χ2n) is 4.53. The SMILES string of the molecule is Cc1cc2c([nH]c1=O)C(C)CCC2C. The highest BCUT2D eigenvalue weighted by Gasteiger charge is 2.22. The van der Waals surface area contributed by atoms with Gasteiger partial charge in [-0.2, -0.15) is 0 Å². The average Bonchev–Trinajstić information content (AvgIpc) is 2.15. The Bertz CT molecular complexity index is 405. The fourth-order valence-electron chi connectivity index (χ4n) is 2.28. The normalized spacial score (nSPS) is 25.9. The molecule has 2 unspecified atom stereocenters. The zero-order chi connectivity index (χ0) is 10.3. The van der Waals surface area contributed by atoms with Crippen molar-refractivity contribution in [3.63, 3.8) is 0 Å². The number of nitrogens with one attached hydrogen (secondary N) is 1. The summed E-state index contributed by atoms with van der Waals surface area (Å²) in [5, 5.41) is 0. The summed E-state index contributed by atoms with van der Waals surface area (Å²) in [5.74, 6) is 1.10. The lowest BCUT2D eigenvalue weighted by atomic mass is 9.81. The van der Waals surface area contributed by atoms with E-state index in [0.717, 1.165) is 5.56 Å². The molecule has 0 aliphatic heterocycles.